The molecule has 29 heavy (non-hydrogen) atoms. The molecule has 0 bridgehead atoms. The van der Waals surface area contributed by atoms with Gasteiger partial charge in [0.25, 0.3) is 0 Å². The van der Waals surface area contributed by atoms with Crippen LogP contribution in [0.25, 0.3) is 0 Å². The normalized spacial score (nSPS) is 23.7. The summed E-state index contributed by atoms with van der Waals surface area (Å²) in [5.41, 5.74) is 2.83. The molecule has 150 valence electrons. The van der Waals surface area contributed by atoms with Gasteiger partial charge in [0.15, 0.2) is 11.5 Å². The van der Waals surface area contributed by atoms with E-state index in [9.17, 15) is 10.1 Å². The van der Waals surface area contributed by atoms with E-state index < -0.39 is 0 Å². The Morgan fingerprint density at radius 1 is 1.24 bits per heavy atom. The highest BCUT2D eigenvalue weighted by Crippen LogP contribution is 2.31. The van der Waals surface area contributed by atoms with Crippen LogP contribution in [0.1, 0.15) is 36.1 Å². The third-order valence-corrected chi connectivity index (χ3v) is 6.01. The van der Waals surface area contributed by atoms with Crippen molar-refractivity contribution in [3.8, 4) is 6.07 Å². The van der Waals surface area contributed by atoms with Gasteiger partial charge in [0.1, 0.15) is 6.07 Å². The van der Waals surface area contributed by atoms with Crippen molar-refractivity contribution in [3.63, 3.8) is 0 Å². The van der Waals surface area contributed by atoms with Crippen molar-refractivity contribution in [2.45, 2.75) is 44.4 Å². The minimum Gasteiger partial charge on any atom is -0.379 e. The lowest BCUT2D eigenvalue weighted by molar-refractivity contribution is -0.138. The van der Waals surface area contributed by atoms with Crippen molar-refractivity contribution in [3.05, 3.63) is 53.5 Å². The molecule has 2 aliphatic rings. The van der Waals surface area contributed by atoms with E-state index in [1.807, 2.05) is 11.0 Å². The molecule has 1 aliphatic heterocycles. The van der Waals surface area contributed by atoms with Gasteiger partial charge >= 0.3 is 0 Å². The van der Waals surface area contributed by atoms with Gasteiger partial charge in [0.2, 0.25) is 5.91 Å². The van der Waals surface area contributed by atoms with Crippen molar-refractivity contribution in [2.75, 3.05) is 19.0 Å². The second-order valence-corrected chi connectivity index (χ2v) is 7.68. The average molecular weight is 391 g/mol. The largest absolute Gasteiger partial charge is 0.379 e. The van der Waals surface area contributed by atoms with Crippen molar-refractivity contribution in [1.82, 2.24) is 14.9 Å². The zero-order valence-electron chi connectivity index (χ0n) is 16.5. The first-order valence-electron chi connectivity index (χ1n) is 10.1. The fourth-order valence-electron chi connectivity index (χ4n) is 4.44. The van der Waals surface area contributed by atoms with Crippen LogP contribution in [0.3, 0.4) is 0 Å². The third-order valence-electron chi connectivity index (χ3n) is 6.01. The first kappa shape index (κ1) is 19.3. The summed E-state index contributed by atoms with van der Waals surface area (Å²) in [6.45, 7) is 1.45. The molecule has 3 atom stereocenters. The second-order valence-electron chi connectivity index (χ2n) is 7.68. The van der Waals surface area contributed by atoms with E-state index in [0.717, 1.165) is 25.8 Å². The highest BCUT2D eigenvalue weighted by atomic mass is 16.5. The molecule has 1 fully saturated rings. The predicted octanol–water partition coefficient (Wildman–Crippen LogP) is 2.53. The van der Waals surface area contributed by atoms with E-state index in [4.69, 9.17) is 4.74 Å². The van der Waals surface area contributed by atoms with Crippen LogP contribution in [0.5, 0.6) is 0 Å². The van der Waals surface area contributed by atoms with Crippen LogP contribution in [-0.2, 0) is 22.5 Å². The van der Waals surface area contributed by atoms with Crippen LogP contribution in [0, 0.1) is 17.2 Å². The Balaban J connectivity index is 1.46. The number of aromatic nitrogens is 2. The third kappa shape index (κ3) is 4.08. The number of carbonyl (C=O) groups excluding carboxylic acids is 1. The summed E-state index contributed by atoms with van der Waals surface area (Å²) < 4.78 is 5.65. The van der Waals surface area contributed by atoms with Crippen LogP contribution < -0.4 is 5.32 Å². The molecular formula is C22H25N5O2. The summed E-state index contributed by atoms with van der Waals surface area (Å²) in [6, 6.07) is 10.3. The number of hydrogen-bond donors (Lipinski definition) is 1. The average Bonchev–Trinajstić information content (AvgIpc) is 2.78. The molecule has 4 rings (SSSR count). The zero-order valence-corrected chi connectivity index (χ0v) is 16.5. The van der Waals surface area contributed by atoms with Gasteiger partial charge in [-0.25, -0.2) is 9.97 Å². The van der Waals surface area contributed by atoms with Gasteiger partial charge in [-0.15, -0.1) is 0 Å². The molecule has 0 saturated heterocycles. The number of nitrogens with zero attached hydrogens (tertiary/aromatic N) is 4. The fraction of sp³-hybridized carbons (Fsp3) is 0.455. The van der Waals surface area contributed by atoms with E-state index in [1.165, 1.54) is 17.3 Å². The molecule has 0 spiro atoms. The van der Waals surface area contributed by atoms with Crippen molar-refractivity contribution in [1.29, 1.82) is 5.26 Å². The lowest BCUT2D eigenvalue weighted by atomic mass is 9.82. The van der Waals surface area contributed by atoms with Crippen LogP contribution in [0.15, 0.2) is 36.7 Å². The first-order chi connectivity index (χ1) is 14.2. The number of rotatable bonds is 4. The molecule has 7 heteroatoms. The number of fused-ring (bicyclic) bond motifs is 1. The molecule has 2 aromatic rings. The van der Waals surface area contributed by atoms with Gasteiger partial charge < -0.3 is 15.0 Å². The van der Waals surface area contributed by atoms with Crippen molar-refractivity contribution >= 4 is 11.7 Å². The first-order valence-corrected chi connectivity index (χ1v) is 10.1. The van der Waals surface area contributed by atoms with Gasteiger partial charge in [-0.3, -0.25) is 4.79 Å². The molecular weight excluding hydrogens is 366 g/mol. The number of nitriles is 1. The predicted molar refractivity (Wildman–Crippen MR) is 108 cm³/mol. The fourth-order valence-corrected chi connectivity index (χ4v) is 4.44. The Morgan fingerprint density at radius 3 is 2.83 bits per heavy atom. The number of anilines is 1. The highest BCUT2D eigenvalue weighted by molar-refractivity contribution is 5.79. The molecule has 0 radical (unpaired) electrons. The molecule has 1 aromatic heterocycles. The lowest BCUT2D eigenvalue weighted by Gasteiger charge is -2.38. The molecule has 7 nitrogen and oxygen atoms in total. The molecule has 2 heterocycles. The van der Waals surface area contributed by atoms with Crippen LogP contribution in [-0.4, -0.2) is 46.6 Å². The monoisotopic (exact) mass is 391 g/mol. The maximum absolute atomic E-state index is 13.3. The summed E-state index contributed by atoms with van der Waals surface area (Å²) >= 11 is 0. The molecule has 0 unspecified atom stereocenters. The minimum absolute atomic E-state index is 0.0327. The second kappa shape index (κ2) is 8.58. The molecule has 1 N–H and O–H groups in total. The van der Waals surface area contributed by atoms with Crippen LogP contribution in [0.2, 0.25) is 0 Å². The quantitative estimate of drug-likeness (QED) is 0.861. The van der Waals surface area contributed by atoms with Crippen molar-refractivity contribution in [2.24, 2.45) is 5.92 Å². The summed E-state index contributed by atoms with van der Waals surface area (Å²) in [5.74, 6) is 0.592. The van der Waals surface area contributed by atoms with Gasteiger partial charge in [0.05, 0.1) is 12.1 Å². The minimum atomic E-state index is -0.0939. The molecule has 1 saturated carbocycles. The Labute approximate surface area is 170 Å². The summed E-state index contributed by atoms with van der Waals surface area (Å²) in [7, 11) is 1.69. The number of carbonyl (C=O) groups is 1. The molecule has 1 amide bonds. The van der Waals surface area contributed by atoms with E-state index in [1.54, 1.807) is 13.3 Å². The number of ether oxygens (including phenoxy) is 1. The van der Waals surface area contributed by atoms with E-state index in [0.29, 0.717) is 18.8 Å². The maximum Gasteiger partial charge on any atom is 0.226 e. The standard InChI is InChI=1S/C22H25N5O2/c1-29-20-7-6-16(12-18(20)26-21-19(13-23)24-9-10-25-21)22(28)27-11-8-15-4-2-3-5-17(15)14-27/h2-5,9-10,16,18,20H,6-8,11-12,14H2,1H3,(H,25,26)/t16-,18+,20+/m0/s1. The number of methoxy groups -OCH3 is 1. The number of amides is 1. The highest BCUT2D eigenvalue weighted by Gasteiger charge is 2.37. The van der Waals surface area contributed by atoms with Crippen LogP contribution in [0.4, 0.5) is 5.82 Å². The molecule has 1 aliphatic carbocycles. The van der Waals surface area contributed by atoms with E-state index in [2.05, 4.69) is 39.6 Å². The lowest BCUT2D eigenvalue weighted by Crippen LogP contribution is -2.47. The zero-order chi connectivity index (χ0) is 20.2. The summed E-state index contributed by atoms with van der Waals surface area (Å²) in [4.78, 5) is 23.6. The van der Waals surface area contributed by atoms with E-state index in [-0.39, 0.29) is 29.7 Å². The Bertz CT molecular complexity index is 925. The molecule has 1 aromatic carbocycles. The van der Waals surface area contributed by atoms with Gasteiger partial charge in [-0.1, -0.05) is 24.3 Å². The van der Waals surface area contributed by atoms with Gasteiger partial charge in [0, 0.05) is 38.5 Å². The number of nitrogens with one attached hydrogen (secondary N) is 1. The van der Waals surface area contributed by atoms with Crippen LogP contribution >= 0.6 is 0 Å². The van der Waals surface area contributed by atoms with Gasteiger partial charge in [-0.2, -0.15) is 5.26 Å². The van der Waals surface area contributed by atoms with Gasteiger partial charge in [-0.05, 0) is 36.8 Å². The Hall–Kier alpha value is -2.98. The maximum atomic E-state index is 13.3. The topological polar surface area (TPSA) is 91.1 Å². The SMILES string of the molecule is CO[C@@H]1CC[C@H](C(=O)N2CCc3ccccc3C2)C[C@H]1Nc1nccnc1C#N. The van der Waals surface area contributed by atoms with Crippen molar-refractivity contribution < 1.29 is 9.53 Å². The Kier molecular flexibility index (Phi) is 5.72. The number of benzene rings is 1. The Morgan fingerprint density at radius 2 is 2.03 bits per heavy atom. The summed E-state index contributed by atoms with van der Waals surface area (Å²) in [6.07, 6.45) is 6.17. The van der Waals surface area contributed by atoms with E-state index >= 15 is 0 Å². The summed E-state index contributed by atoms with van der Waals surface area (Å²) in [5, 5.41) is 12.6. The number of hydrogen-bond acceptors (Lipinski definition) is 6. The smallest absolute Gasteiger partial charge is 0.226 e.